The highest BCUT2D eigenvalue weighted by atomic mass is 79.9. The molecule has 1 aliphatic heterocycles. The van der Waals surface area contributed by atoms with Crippen LogP contribution in [0.4, 0.5) is 4.79 Å². The van der Waals surface area contributed by atoms with Gasteiger partial charge in [-0.2, -0.15) is 0 Å². The summed E-state index contributed by atoms with van der Waals surface area (Å²) >= 11 is 4.83. The van der Waals surface area contributed by atoms with E-state index < -0.39 is 23.7 Å². The minimum absolute atomic E-state index is 0.339. The van der Waals surface area contributed by atoms with Crippen LogP contribution in [0, 0.1) is 0 Å². The number of hydrogen-bond donors (Lipinski definition) is 1. The van der Waals surface area contributed by atoms with Crippen LogP contribution in [0.5, 0.6) is 0 Å². The van der Waals surface area contributed by atoms with Gasteiger partial charge < -0.3 is 9.84 Å². The molecule has 0 bridgehead atoms. The molecule has 5 nitrogen and oxygen atoms in total. The number of carbonyl (C=O) groups excluding carboxylic acids is 1. The van der Waals surface area contributed by atoms with Gasteiger partial charge in [-0.15, -0.1) is 11.8 Å². The zero-order valence-corrected chi connectivity index (χ0v) is 15.0. The summed E-state index contributed by atoms with van der Waals surface area (Å²) in [5.74, 6) is -0.679. The first-order chi connectivity index (χ1) is 10.2. The Morgan fingerprint density at radius 1 is 1.41 bits per heavy atom. The molecule has 0 radical (unpaired) electrons. The van der Waals surface area contributed by atoms with Crippen molar-refractivity contribution in [3.05, 3.63) is 34.3 Å². The zero-order valence-electron chi connectivity index (χ0n) is 12.6. The molecule has 1 N–H and O–H groups in total. The average molecular weight is 388 g/mol. The molecule has 2 atom stereocenters. The van der Waals surface area contributed by atoms with Crippen molar-refractivity contribution in [3.8, 4) is 0 Å². The predicted octanol–water partition coefficient (Wildman–Crippen LogP) is 3.88. The van der Waals surface area contributed by atoms with Crippen molar-refractivity contribution in [1.82, 2.24) is 4.90 Å². The summed E-state index contributed by atoms with van der Waals surface area (Å²) in [6.07, 6.45) is -0.602. The Hall–Kier alpha value is -1.21. The van der Waals surface area contributed by atoms with E-state index in [0.717, 1.165) is 10.0 Å². The Morgan fingerprint density at radius 2 is 2.09 bits per heavy atom. The van der Waals surface area contributed by atoms with Crippen molar-refractivity contribution in [1.29, 1.82) is 0 Å². The lowest BCUT2D eigenvalue weighted by atomic mass is 10.2. The van der Waals surface area contributed by atoms with Crippen molar-refractivity contribution < 1.29 is 19.4 Å². The topological polar surface area (TPSA) is 66.8 Å². The number of aliphatic carboxylic acids is 1. The van der Waals surface area contributed by atoms with E-state index in [1.54, 1.807) is 20.8 Å². The molecule has 0 saturated carbocycles. The van der Waals surface area contributed by atoms with Crippen molar-refractivity contribution >= 4 is 39.8 Å². The van der Waals surface area contributed by atoms with Crippen LogP contribution < -0.4 is 0 Å². The van der Waals surface area contributed by atoms with Crippen LogP contribution in [0.2, 0.25) is 0 Å². The highest BCUT2D eigenvalue weighted by Crippen LogP contribution is 2.42. The second kappa shape index (κ2) is 6.50. The number of benzene rings is 1. The number of hydrogen-bond acceptors (Lipinski definition) is 4. The van der Waals surface area contributed by atoms with Crippen LogP contribution in [-0.2, 0) is 9.53 Å². The Morgan fingerprint density at radius 3 is 2.64 bits per heavy atom. The maximum Gasteiger partial charge on any atom is 0.412 e. The zero-order chi connectivity index (χ0) is 16.5. The minimum Gasteiger partial charge on any atom is -0.480 e. The Labute approximate surface area is 142 Å². The van der Waals surface area contributed by atoms with Gasteiger partial charge in [0.2, 0.25) is 0 Å². The smallest absolute Gasteiger partial charge is 0.412 e. The molecule has 1 aliphatic rings. The van der Waals surface area contributed by atoms with Gasteiger partial charge in [0, 0.05) is 10.2 Å². The van der Waals surface area contributed by atoms with E-state index in [1.807, 2.05) is 24.3 Å². The van der Waals surface area contributed by atoms with Gasteiger partial charge in [-0.1, -0.05) is 28.1 Å². The van der Waals surface area contributed by atoms with E-state index in [1.165, 1.54) is 16.7 Å². The average Bonchev–Trinajstić information content (AvgIpc) is 2.81. The summed E-state index contributed by atoms with van der Waals surface area (Å²) in [6, 6.07) is 6.63. The molecule has 1 aromatic carbocycles. The van der Waals surface area contributed by atoms with Crippen molar-refractivity contribution in [2.75, 3.05) is 5.75 Å². The van der Waals surface area contributed by atoms with Crippen molar-refractivity contribution in [2.24, 2.45) is 0 Å². The third-order valence-corrected chi connectivity index (χ3v) is 4.84. The second-order valence-electron chi connectivity index (χ2n) is 5.98. The van der Waals surface area contributed by atoms with Crippen LogP contribution in [0.3, 0.4) is 0 Å². The van der Waals surface area contributed by atoms with Crippen LogP contribution in [0.15, 0.2) is 28.7 Å². The molecule has 2 rings (SSSR count). The van der Waals surface area contributed by atoms with Gasteiger partial charge in [0.25, 0.3) is 0 Å². The number of carboxylic acid groups (broad SMARTS) is 1. The number of ether oxygens (including phenoxy) is 1. The van der Waals surface area contributed by atoms with Crippen molar-refractivity contribution in [3.63, 3.8) is 0 Å². The molecule has 0 unspecified atom stereocenters. The fourth-order valence-electron chi connectivity index (χ4n) is 2.15. The fourth-order valence-corrected chi connectivity index (χ4v) is 3.97. The summed E-state index contributed by atoms with van der Waals surface area (Å²) < 4.78 is 6.27. The standard InChI is InChI=1S/C15H18BrNO4S/c1-15(2,3)21-14(20)17-11(13(18)19)8-22-12(17)9-5-4-6-10(16)7-9/h4-7,11-12H,8H2,1-3H3,(H,18,19)/t11-,12-/m1/s1. The van der Waals surface area contributed by atoms with Gasteiger partial charge in [0.15, 0.2) is 0 Å². The number of amides is 1. The molecule has 1 fully saturated rings. The largest absolute Gasteiger partial charge is 0.480 e. The lowest BCUT2D eigenvalue weighted by Gasteiger charge is -2.30. The number of carbonyl (C=O) groups is 2. The first-order valence-corrected chi connectivity index (χ1v) is 8.64. The van der Waals surface area contributed by atoms with E-state index in [2.05, 4.69) is 15.9 Å². The van der Waals surface area contributed by atoms with E-state index in [9.17, 15) is 14.7 Å². The molecule has 1 saturated heterocycles. The maximum atomic E-state index is 12.5. The SMILES string of the molecule is CC(C)(C)OC(=O)N1[C@@H](C(=O)O)CS[C@@H]1c1cccc(Br)c1. The van der Waals surface area contributed by atoms with E-state index in [4.69, 9.17) is 4.74 Å². The number of thioether (sulfide) groups is 1. The molecule has 1 aromatic rings. The van der Waals surface area contributed by atoms with Gasteiger partial charge in [-0.05, 0) is 38.5 Å². The quantitative estimate of drug-likeness (QED) is 0.833. The molecule has 1 heterocycles. The van der Waals surface area contributed by atoms with Crippen LogP contribution in [-0.4, -0.2) is 39.5 Å². The highest BCUT2D eigenvalue weighted by molar-refractivity contribution is 9.10. The van der Waals surface area contributed by atoms with Gasteiger partial charge in [0.1, 0.15) is 17.0 Å². The van der Waals surface area contributed by atoms with E-state index in [-0.39, 0.29) is 5.37 Å². The van der Waals surface area contributed by atoms with Gasteiger partial charge in [-0.25, -0.2) is 9.59 Å². The van der Waals surface area contributed by atoms with Gasteiger partial charge >= 0.3 is 12.1 Å². The maximum absolute atomic E-state index is 12.5. The first kappa shape index (κ1) is 17.1. The van der Waals surface area contributed by atoms with Gasteiger partial charge in [0.05, 0.1) is 0 Å². The molecule has 22 heavy (non-hydrogen) atoms. The first-order valence-electron chi connectivity index (χ1n) is 6.80. The Balaban J connectivity index is 2.32. The van der Waals surface area contributed by atoms with Crippen LogP contribution in [0.25, 0.3) is 0 Å². The van der Waals surface area contributed by atoms with Gasteiger partial charge in [-0.3, -0.25) is 4.90 Å². The van der Waals surface area contributed by atoms with Crippen LogP contribution >= 0.6 is 27.7 Å². The second-order valence-corrected chi connectivity index (χ2v) is 8.01. The van der Waals surface area contributed by atoms with Crippen molar-refractivity contribution in [2.45, 2.75) is 37.8 Å². The summed E-state index contributed by atoms with van der Waals surface area (Å²) in [6.45, 7) is 5.29. The lowest BCUT2D eigenvalue weighted by molar-refractivity contribution is -0.142. The summed E-state index contributed by atoms with van der Waals surface area (Å²) in [5.41, 5.74) is 0.198. The number of halogens is 1. The van der Waals surface area contributed by atoms with E-state index in [0.29, 0.717) is 5.75 Å². The Kier molecular flexibility index (Phi) is 5.07. The summed E-state index contributed by atoms with van der Waals surface area (Å²) in [7, 11) is 0. The normalized spacial score (nSPS) is 21.7. The molecular formula is C15H18BrNO4S. The van der Waals surface area contributed by atoms with E-state index >= 15 is 0 Å². The molecule has 1 amide bonds. The monoisotopic (exact) mass is 387 g/mol. The fraction of sp³-hybridized carbons (Fsp3) is 0.467. The summed E-state index contributed by atoms with van der Waals surface area (Å²) in [4.78, 5) is 25.2. The summed E-state index contributed by atoms with van der Waals surface area (Å²) in [5, 5.41) is 9.01. The van der Waals surface area contributed by atoms with Crippen LogP contribution in [0.1, 0.15) is 31.7 Å². The molecule has 7 heteroatoms. The molecule has 0 aromatic heterocycles. The molecule has 0 aliphatic carbocycles. The number of rotatable bonds is 2. The number of carboxylic acids is 1. The molecular weight excluding hydrogens is 370 g/mol. The highest BCUT2D eigenvalue weighted by Gasteiger charge is 2.44. The third kappa shape index (κ3) is 3.95. The molecule has 120 valence electrons. The predicted molar refractivity (Wildman–Crippen MR) is 88.8 cm³/mol. The minimum atomic E-state index is -1.02. The number of nitrogens with zero attached hydrogens (tertiary/aromatic N) is 1. The third-order valence-electron chi connectivity index (χ3n) is 3.02. The molecule has 0 spiro atoms. The Bertz CT molecular complexity index is 587. The lowest BCUT2D eigenvalue weighted by Crippen LogP contribution is -2.45.